The Morgan fingerprint density at radius 2 is 2.05 bits per heavy atom. The summed E-state index contributed by atoms with van der Waals surface area (Å²) in [6.45, 7) is 6.25. The van der Waals surface area contributed by atoms with Crippen molar-refractivity contribution >= 4 is 16.9 Å². The molecular weight excluding hydrogens is 238 g/mol. The van der Waals surface area contributed by atoms with E-state index in [4.69, 9.17) is 10.1 Å². The normalized spacial score (nSPS) is 11.2. The van der Waals surface area contributed by atoms with Crippen molar-refractivity contribution in [2.24, 2.45) is 0 Å². The predicted octanol–water partition coefficient (Wildman–Crippen LogP) is 3.55. The molecule has 0 unspecified atom stereocenters. The molecule has 0 atom stereocenters. The maximum absolute atomic E-state index is 11.0. The topological polar surface area (TPSA) is 50.2 Å². The highest BCUT2D eigenvalue weighted by molar-refractivity contribution is 5.88. The SMILES string of the molecule is CCc1cccc2c(CC(=O)O)cc(C(C)C)nc12. The molecule has 0 radical (unpaired) electrons. The summed E-state index contributed by atoms with van der Waals surface area (Å²) in [5, 5.41) is 10.0. The van der Waals surface area contributed by atoms with Gasteiger partial charge in [0.15, 0.2) is 0 Å². The lowest BCUT2D eigenvalue weighted by Gasteiger charge is -2.12. The van der Waals surface area contributed by atoms with E-state index < -0.39 is 5.97 Å². The summed E-state index contributed by atoms with van der Waals surface area (Å²) in [5.41, 5.74) is 3.94. The number of para-hydroxylation sites is 1. The van der Waals surface area contributed by atoms with Gasteiger partial charge in [-0.1, -0.05) is 39.0 Å². The van der Waals surface area contributed by atoms with Crippen molar-refractivity contribution in [3.05, 3.63) is 41.1 Å². The second-order valence-electron chi connectivity index (χ2n) is 5.10. The Morgan fingerprint density at radius 3 is 2.63 bits per heavy atom. The Morgan fingerprint density at radius 1 is 1.32 bits per heavy atom. The molecule has 1 heterocycles. The first kappa shape index (κ1) is 13.5. The number of aryl methyl sites for hydroxylation is 1. The minimum absolute atomic E-state index is 0.0475. The van der Waals surface area contributed by atoms with Gasteiger partial charge in [-0.3, -0.25) is 9.78 Å². The number of hydrogen-bond donors (Lipinski definition) is 1. The van der Waals surface area contributed by atoms with E-state index in [1.807, 2.05) is 18.2 Å². The van der Waals surface area contributed by atoms with Crippen LogP contribution in [0.3, 0.4) is 0 Å². The molecule has 1 N–H and O–H groups in total. The van der Waals surface area contributed by atoms with Gasteiger partial charge in [-0.15, -0.1) is 0 Å². The second-order valence-corrected chi connectivity index (χ2v) is 5.10. The molecule has 0 spiro atoms. The third-order valence-electron chi connectivity index (χ3n) is 3.34. The summed E-state index contributed by atoms with van der Waals surface area (Å²) < 4.78 is 0. The number of carboxylic acid groups (broad SMARTS) is 1. The van der Waals surface area contributed by atoms with Gasteiger partial charge < -0.3 is 5.11 Å². The minimum Gasteiger partial charge on any atom is -0.481 e. The van der Waals surface area contributed by atoms with Crippen molar-refractivity contribution in [3.63, 3.8) is 0 Å². The van der Waals surface area contributed by atoms with Gasteiger partial charge in [-0.05, 0) is 29.5 Å². The van der Waals surface area contributed by atoms with E-state index in [2.05, 4.69) is 26.8 Å². The second kappa shape index (κ2) is 5.39. The van der Waals surface area contributed by atoms with Crippen LogP contribution in [0.1, 0.15) is 43.5 Å². The first-order valence-corrected chi connectivity index (χ1v) is 6.66. The fraction of sp³-hybridized carbons (Fsp3) is 0.375. The highest BCUT2D eigenvalue weighted by Crippen LogP contribution is 2.25. The van der Waals surface area contributed by atoms with Gasteiger partial charge in [0.2, 0.25) is 0 Å². The van der Waals surface area contributed by atoms with Gasteiger partial charge in [0.05, 0.1) is 11.9 Å². The van der Waals surface area contributed by atoms with Gasteiger partial charge >= 0.3 is 5.97 Å². The Labute approximate surface area is 113 Å². The molecule has 100 valence electrons. The molecule has 0 aliphatic heterocycles. The van der Waals surface area contributed by atoms with E-state index in [0.717, 1.165) is 28.6 Å². The van der Waals surface area contributed by atoms with E-state index in [0.29, 0.717) is 5.92 Å². The van der Waals surface area contributed by atoms with Crippen molar-refractivity contribution in [1.82, 2.24) is 4.98 Å². The van der Waals surface area contributed by atoms with Crippen molar-refractivity contribution in [1.29, 1.82) is 0 Å². The molecule has 3 heteroatoms. The lowest BCUT2D eigenvalue weighted by molar-refractivity contribution is -0.136. The average molecular weight is 257 g/mol. The highest BCUT2D eigenvalue weighted by Gasteiger charge is 2.12. The van der Waals surface area contributed by atoms with Crippen LogP contribution in [0.15, 0.2) is 24.3 Å². The Hall–Kier alpha value is -1.90. The molecule has 19 heavy (non-hydrogen) atoms. The summed E-state index contributed by atoms with van der Waals surface area (Å²) in [6, 6.07) is 7.93. The van der Waals surface area contributed by atoms with Crippen LogP contribution in [0.25, 0.3) is 10.9 Å². The number of fused-ring (bicyclic) bond motifs is 1. The zero-order valence-electron chi connectivity index (χ0n) is 11.6. The molecule has 3 nitrogen and oxygen atoms in total. The number of carbonyl (C=O) groups is 1. The van der Waals surface area contributed by atoms with Gasteiger partial charge in [0.1, 0.15) is 0 Å². The molecule has 0 aliphatic rings. The van der Waals surface area contributed by atoms with Crippen LogP contribution >= 0.6 is 0 Å². The summed E-state index contributed by atoms with van der Waals surface area (Å²) in [7, 11) is 0. The Balaban J connectivity index is 2.73. The number of aromatic nitrogens is 1. The summed E-state index contributed by atoms with van der Waals surface area (Å²) in [5.74, 6) is -0.508. The van der Waals surface area contributed by atoms with Crippen molar-refractivity contribution < 1.29 is 9.90 Å². The molecule has 0 saturated heterocycles. The number of nitrogens with zero attached hydrogens (tertiary/aromatic N) is 1. The molecule has 1 aromatic carbocycles. The number of benzene rings is 1. The largest absolute Gasteiger partial charge is 0.481 e. The monoisotopic (exact) mass is 257 g/mol. The van der Waals surface area contributed by atoms with Crippen LogP contribution in [-0.4, -0.2) is 16.1 Å². The van der Waals surface area contributed by atoms with Gasteiger partial charge in [0, 0.05) is 11.1 Å². The highest BCUT2D eigenvalue weighted by atomic mass is 16.4. The van der Waals surface area contributed by atoms with Crippen LogP contribution in [-0.2, 0) is 17.6 Å². The van der Waals surface area contributed by atoms with E-state index in [1.54, 1.807) is 0 Å². The molecule has 0 aliphatic carbocycles. The lowest BCUT2D eigenvalue weighted by atomic mass is 9.98. The molecule has 0 bridgehead atoms. The standard InChI is InChI=1S/C16H19NO2/c1-4-11-6-5-7-13-12(9-15(18)19)8-14(10(2)3)17-16(11)13/h5-8,10H,4,9H2,1-3H3,(H,18,19). The molecule has 0 saturated carbocycles. The molecule has 2 rings (SSSR count). The van der Waals surface area contributed by atoms with Crippen LogP contribution in [0, 0.1) is 0 Å². The number of rotatable bonds is 4. The van der Waals surface area contributed by atoms with Gasteiger partial charge in [0.25, 0.3) is 0 Å². The maximum atomic E-state index is 11.0. The smallest absolute Gasteiger partial charge is 0.307 e. The molecule has 2 aromatic rings. The predicted molar refractivity (Wildman–Crippen MR) is 76.5 cm³/mol. The van der Waals surface area contributed by atoms with E-state index in [9.17, 15) is 4.79 Å². The molecule has 1 aromatic heterocycles. The summed E-state index contributed by atoms with van der Waals surface area (Å²) in [4.78, 5) is 15.7. The first-order valence-electron chi connectivity index (χ1n) is 6.66. The summed E-state index contributed by atoms with van der Waals surface area (Å²) >= 11 is 0. The zero-order chi connectivity index (χ0) is 14.0. The Kier molecular flexibility index (Phi) is 3.84. The third kappa shape index (κ3) is 2.75. The Bertz CT molecular complexity index is 617. The zero-order valence-corrected chi connectivity index (χ0v) is 11.6. The van der Waals surface area contributed by atoms with E-state index in [-0.39, 0.29) is 6.42 Å². The van der Waals surface area contributed by atoms with Gasteiger partial charge in [-0.2, -0.15) is 0 Å². The molecular formula is C16H19NO2. The van der Waals surface area contributed by atoms with Crippen LogP contribution in [0.4, 0.5) is 0 Å². The maximum Gasteiger partial charge on any atom is 0.307 e. The number of aliphatic carboxylic acids is 1. The molecule has 0 fully saturated rings. The van der Waals surface area contributed by atoms with Crippen molar-refractivity contribution in [2.45, 2.75) is 39.5 Å². The van der Waals surface area contributed by atoms with Crippen molar-refractivity contribution in [3.8, 4) is 0 Å². The summed E-state index contributed by atoms with van der Waals surface area (Å²) in [6.07, 6.45) is 0.949. The number of carboxylic acids is 1. The van der Waals surface area contributed by atoms with Gasteiger partial charge in [-0.25, -0.2) is 0 Å². The average Bonchev–Trinajstić information content (AvgIpc) is 2.37. The van der Waals surface area contributed by atoms with Crippen LogP contribution in [0.2, 0.25) is 0 Å². The fourth-order valence-corrected chi connectivity index (χ4v) is 2.29. The minimum atomic E-state index is -0.802. The quantitative estimate of drug-likeness (QED) is 0.911. The van der Waals surface area contributed by atoms with Crippen molar-refractivity contribution in [2.75, 3.05) is 0 Å². The van der Waals surface area contributed by atoms with Crippen LogP contribution in [0.5, 0.6) is 0 Å². The lowest BCUT2D eigenvalue weighted by Crippen LogP contribution is -2.05. The molecule has 0 amide bonds. The fourth-order valence-electron chi connectivity index (χ4n) is 2.29. The van der Waals surface area contributed by atoms with Crippen LogP contribution < -0.4 is 0 Å². The third-order valence-corrected chi connectivity index (χ3v) is 3.34. The first-order chi connectivity index (χ1) is 9.02. The number of hydrogen-bond acceptors (Lipinski definition) is 2. The van der Waals surface area contributed by atoms with E-state index >= 15 is 0 Å². The van der Waals surface area contributed by atoms with E-state index in [1.165, 1.54) is 5.56 Å². The number of pyridine rings is 1.